The van der Waals surface area contributed by atoms with Crippen LogP contribution in [0.5, 0.6) is 0 Å². The van der Waals surface area contributed by atoms with Crippen LogP contribution in [0.4, 0.5) is 5.82 Å². The lowest BCUT2D eigenvalue weighted by Gasteiger charge is -2.33. The van der Waals surface area contributed by atoms with Crippen molar-refractivity contribution in [1.82, 2.24) is 19.3 Å². The number of anilines is 1. The van der Waals surface area contributed by atoms with Crippen LogP contribution in [-0.2, 0) is 10.0 Å². The number of nitrogens with one attached hydrogen (secondary N) is 1. The maximum absolute atomic E-state index is 12.8. The van der Waals surface area contributed by atoms with Crippen LogP contribution >= 0.6 is 0 Å². The second-order valence-electron chi connectivity index (χ2n) is 6.06. The quantitative estimate of drug-likeness (QED) is 0.749. The zero-order valence-corrected chi connectivity index (χ0v) is 14.2. The molecule has 0 amide bonds. The smallest absolute Gasteiger partial charge is 0.246 e. The molecular formula is C15H21N5O3S. The Kier molecular flexibility index (Phi) is 4.57. The molecule has 1 aliphatic rings. The van der Waals surface area contributed by atoms with Gasteiger partial charge < -0.3 is 15.8 Å². The van der Waals surface area contributed by atoms with Gasteiger partial charge in [0.2, 0.25) is 10.0 Å². The van der Waals surface area contributed by atoms with Crippen LogP contribution in [0.25, 0.3) is 0 Å². The third-order valence-corrected chi connectivity index (χ3v) is 6.31. The predicted octanol–water partition coefficient (Wildman–Crippen LogP) is 0.830. The van der Waals surface area contributed by atoms with Crippen molar-refractivity contribution in [2.75, 3.05) is 18.8 Å². The van der Waals surface area contributed by atoms with Crippen molar-refractivity contribution in [3.63, 3.8) is 0 Å². The molecule has 1 saturated heterocycles. The first-order valence-electron chi connectivity index (χ1n) is 7.79. The fourth-order valence-electron chi connectivity index (χ4n) is 2.99. The van der Waals surface area contributed by atoms with Crippen molar-refractivity contribution in [3.8, 4) is 0 Å². The van der Waals surface area contributed by atoms with Crippen LogP contribution in [0.3, 0.4) is 0 Å². The maximum atomic E-state index is 12.8. The number of aromatic amines is 1. The van der Waals surface area contributed by atoms with E-state index >= 15 is 0 Å². The number of aryl methyl sites for hydroxylation is 1. The Labute approximate surface area is 140 Å². The molecule has 3 heterocycles. The number of hydrogen-bond donors (Lipinski definition) is 3. The summed E-state index contributed by atoms with van der Waals surface area (Å²) in [6, 6.07) is 1.54. The van der Waals surface area contributed by atoms with Gasteiger partial charge in [-0.3, -0.25) is 0 Å². The Morgan fingerprint density at radius 3 is 2.71 bits per heavy atom. The van der Waals surface area contributed by atoms with Gasteiger partial charge in [0.15, 0.2) is 0 Å². The number of nitrogens with two attached hydrogens (primary N) is 1. The van der Waals surface area contributed by atoms with Gasteiger partial charge in [0, 0.05) is 31.7 Å². The summed E-state index contributed by atoms with van der Waals surface area (Å²) in [6.07, 6.45) is 5.19. The number of nitrogens with zero attached hydrogens (tertiary/aromatic N) is 3. The van der Waals surface area contributed by atoms with Crippen LogP contribution in [0, 0.1) is 12.8 Å². The van der Waals surface area contributed by atoms with E-state index in [1.807, 2.05) is 0 Å². The van der Waals surface area contributed by atoms with Gasteiger partial charge in [0.1, 0.15) is 22.6 Å². The van der Waals surface area contributed by atoms with Gasteiger partial charge >= 0.3 is 0 Å². The van der Waals surface area contributed by atoms with E-state index in [4.69, 9.17) is 5.73 Å². The number of nitrogen functional groups attached to an aromatic ring is 1. The minimum atomic E-state index is -3.68. The lowest BCUT2D eigenvalue weighted by atomic mass is 9.92. The second-order valence-corrected chi connectivity index (χ2v) is 7.96. The highest BCUT2D eigenvalue weighted by Gasteiger charge is 2.34. The zero-order chi connectivity index (χ0) is 17.3. The molecule has 0 spiro atoms. The van der Waals surface area contributed by atoms with Crippen LogP contribution in [0.1, 0.15) is 30.3 Å². The largest absolute Gasteiger partial charge is 0.385 e. The van der Waals surface area contributed by atoms with Crippen molar-refractivity contribution >= 4 is 15.8 Å². The summed E-state index contributed by atoms with van der Waals surface area (Å²) in [6.45, 7) is 2.44. The van der Waals surface area contributed by atoms with Gasteiger partial charge in [0.05, 0.1) is 0 Å². The number of pyridine rings is 1. The van der Waals surface area contributed by atoms with Gasteiger partial charge in [0.25, 0.3) is 0 Å². The monoisotopic (exact) mass is 351 g/mol. The highest BCUT2D eigenvalue weighted by Crippen LogP contribution is 2.32. The van der Waals surface area contributed by atoms with E-state index in [-0.39, 0.29) is 16.6 Å². The highest BCUT2D eigenvalue weighted by atomic mass is 32.2. The predicted molar refractivity (Wildman–Crippen MR) is 88.4 cm³/mol. The zero-order valence-electron chi connectivity index (χ0n) is 13.4. The number of aliphatic hydroxyl groups excluding tert-OH is 1. The molecule has 3 rings (SSSR count). The highest BCUT2D eigenvalue weighted by molar-refractivity contribution is 7.89. The second kappa shape index (κ2) is 6.50. The van der Waals surface area contributed by atoms with E-state index in [9.17, 15) is 13.5 Å². The Bertz CT molecular complexity index is 799. The third kappa shape index (κ3) is 3.14. The molecule has 1 aliphatic heterocycles. The Hall–Kier alpha value is -1.97. The molecule has 24 heavy (non-hydrogen) atoms. The molecule has 2 aromatic heterocycles. The summed E-state index contributed by atoms with van der Waals surface area (Å²) in [4.78, 5) is 10.9. The molecular weight excluding hydrogens is 330 g/mol. The van der Waals surface area contributed by atoms with Crippen molar-refractivity contribution in [2.45, 2.75) is 30.8 Å². The number of hydrogen-bond acceptors (Lipinski definition) is 6. The summed E-state index contributed by atoms with van der Waals surface area (Å²) in [5.41, 5.74) is 6.49. The first-order valence-corrected chi connectivity index (χ1v) is 9.23. The Balaban J connectivity index is 1.73. The molecule has 0 aromatic carbocycles. The molecule has 1 atom stereocenters. The van der Waals surface area contributed by atoms with Crippen molar-refractivity contribution in [3.05, 3.63) is 36.0 Å². The molecule has 0 saturated carbocycles. The fourth-order valence-corrected chi connectivity index (χ4v) is 4.61. The fraction of sp³-hybridized carbons (Fsp3) is 0.467. The summed E-state index contributed by atoms with van der Waals surface area (Å²) >= 11 is 0. The maximum Gasteiger partial charge on any atom is 0.246 e. The third-order valence-electron chi connectivity index (χ3n) is 4.38. The van der Waals surface area contributed by atoms with Crippen LogP contribution in [0.15, 0.2) is 29.6 Å². The molecule has 9 heteroatoms. The van der Waals surface area contributed by atoms with E-state index < -0.39 is 16.1 Å². The molecule has 0 radical (unpaired) electrons. The summed E-state index contributed by atoms with van der Waals surface area (Å²) in [7, 11) is -3.68. The number of rotatable bonds is 4. The summed E-state index contributed by atoms with van der Waals surface area (Å²) in [5, 5.41) is 10.3. The molecule has 0 aliphatic carbocycles. The van der Waals surface area contributed by atoms with E-state index in [2.05, 4.69) is 15.0 Å². The van der Waals surface area contributed by atoms with Gasteiger partial charge in [-0.05, 0) is 37.3 Å². The van der Waals surface area contributed by atoms with Gasteiger partial charge in [-0.25, -0.2) is 18.4 Å². The van der Waals surface area contributed by atoms with Crippen molar-refractivity contribution in [1.29, 1.82) is 0 Å². The summed E-state index contributed by atoms with van der Waals surface area (Å²) < 4.78 is 27.0. The number of aliphatic hydroxyl groups is 1. The number of sulfonamides is 1. The number of imidazole rings is 1. The van der Waals surface area contributed by atoms with E-state index in [0.29, 0.717) is 31.8 Å². The van der Waals surface area contributed by atoms with Crippen LogP contribution in [-0.4, -0.2) is 45.9 Å². The van der Waals surface area contributed by atoms with Gasteiger partial charge in [-0.1, -0.05) is 0 Å². The molecule has 2 aromatic rings. The molecule has 4 N–H and O–H groups in total. The minimum absolute atomic E-state index is 0.0124. The Morgan fingerprint density at radius 1 is 1.38 bits per heavy atom. The molecule has 8 nitrogen and oxygen atoms in total. The average Bonchev–Trinajstić information content (AvgIpc) is 3.11. The minimum Gasteiger partial charge on any atom is -0.385 e. The summed E-state index contributed by atoms with van der Waals surface area (Å²) in [5.74, 6) is 0.498. The molecule has 0 bridgehead atoms. The van der Waals surface area contributed by atoms with E-state index in [0.717, 1.165) is 5.56 Å². The lowest BCUT2D eigenvalue weighted by molar-refractivity contribution is 0.0696. The normalized spacial score (nSPS) is 18.6. The standard InChI is InChI=1S/C15H21N5O3S/c1-10-8-12(14(16)19-9-10)24(22,23)20-6-2-11(3-7-20)13(21)15-17-4-5-18-15/h4-5,8-9,11,13,21H,2-3,6-7H2,1H3,(H2,16,19)(H,17,18). The average molecular weight is 351 g/mol. The molecule has 1 fully saturated rings. The first kappa shape index (κ1) is 16.9. The Morgan fingerprint density at radius 2 is 2.08 bits per heavy atom. The number of aromatic nitrogens is 3. The van der Waals surface area contributed by atoms with E-state index in [1.54, 1.807) is 31.6 Å². The molecule has 130 valence electrons. The van der Waals surface area contributed by atoms with Crippen molar-refractivity contribution < 1.29 is 13.5 Å². The van der Waals surface area contributed by atoms with Crippen LogP contribution < -0.4 is 5.73 Å². The van der Waals surface area contributed by atoms with Crippen LogP contribution in [0.2, 0.25) is 0 Å². The number of H-pyrrole nitrogens is 1. The topological polar surface area (TPSA) is 125 Å². The lowest BCUT2D eigenvalue weighted by Crippen LogP contribution is -2.40. The SMILES string of the molecule is Cc1cnc(N)c(S(=O)(=O)N2CCC(C(O)c3ncc[nH]3)CC2)c1. The van der Waals surface area contributed by atoms with Gasteiger partial charge in [-0.15, -0.1) is 0 Å². The van der Waals surface area contributed by atoms with Crippen molar-refractivity contribution in [2.24, 2.45) is 5.92 Å². The molecule has 1 unspecified atom stereocenters. The van der Waals surface area contributed by atoms with E-state index in [1.165, 1.54) is 4.31 Å². The number of piperidine rings is 1. The first-order chi connectivity index (χ1) is 11.4. The van der Waals surface area contributed by atoms with Gasteiger partial charge in [-0.2, -0.15) is 4.31 Å².